The van der Waals surface area contributed by atoms with E-state index in [9.17, 15) is 14.9 Å². The van der Waals surface area contributed by atoms with Crippen molar-refractivity contribution in [3.05, 3.63) is 33.9 Å². The largest absolute Gasteiger partial charge is 0.490 e. The van der Waals surface area contributed by atoms with Gasteiger partial charge in [0.15, 0.2) is 5.75 Å². The molecule has 1 amide bonds. The smallest absolute Gasteiger partial charge is 0.311 e. The van der Waals surface area contributed by atoms with Crippen LogP contribution in [0, 0.1) is 10.1 Å². The first kappa shape index (κ1) is 15.4. The molecular weight excluding hydrogens is 316 g/mol. The van der Waals surface area contributed by atoms with Gasteiger partial charge in [0.2, 0.25) is 0 Å². The number of halogens is 1. The van der Waals surface area contributed by atoms with Gasteiger partial charge in [0.05, 0.1) is 12.0 Å². The van der Waals surface area contributed by atoms with Crippen molar-refractivity contribution in [3.63, 3.8) is 0 Å². The Morgan fingerprint density at radius 1 is 1.47 bits per heavy atom. The van der Waals surface area contributed by atoms with E-state index in [2.05, 4.69) is 21.2 Å². The molecule has 0 fully saturated rings. The maximum absolute atomic E-state index is 11.8. The van der Waals surface area contributed by atoms with Gasteiger partial charge in [0, 0.05) is 23.5 Å². The summed E-state index contributed by atoms with van der Waals surface area (Å²) in [5.74, 6) is -0.179. The van der Waals surface area contributed by atoms with Gasteiger partial charge >= 0.3 is 5.69 Å². The van der Waals surface area contributed by atoms with Crippen LogP contribution >= 0.6 is 15.9 Å². The van der Waals surface area contributed by atoms with Gasteiger partial charge < -0.3 is 10.1 Å². The molecule has 0 unspecified atom stereocenters. The van der Waals surface area contributed by atoms with Crippen LogP contribution in [0.2, 0.25) is 0 Å². The third-order valence-corrected chi connectivity index (χ3v) is 3.04. The standard InChI is InChI=1S/C12H15BrN2O4/c1-19-11-5-4-9(8-10(11)15(17)18)12(16)14-7-3-2-6-13/h4-5,8H,2-3,6-7H2,1H3,(H,14,16). The fraction of sp³-hybridized carbons (Fsp3) is 0.417. The number of benzene rings is 1. The Hall–Kier alpha value is -1.63. The number of nitro benzene ring substituents is 1. The number of ether oxygens (including phenoxy) is 1. The van der Waals surface area contributed by atoms with Gasteiger partial charge in [-0.25, -0.2) is 0 Å². The Kier molecular flexibility index (Phi) is 6.27. The highest BCUT2D eigenvalue weighted by molar-refractivity contribution is 9.09. The highest BCUT2D eigenvalue weighted by atomic mass is 79.9. The summed E-state index contributed by atoms with van der Waals surface area (Å²) >= 11 is 3.30. The molecule has 0 saturated carbocycles. The molecule has 1 aromatic carbocycles. The number of alkyl halides is 1. The second-order valence-corrected chi connectivity index (χ2v) is 4.59. The topological polar surface area (TPSA) is 81.5 Å². The Morgan fingerprint density at radius 3 is 2.79 bits per heavy atom. The van der Waals surface area contributed by atoms with Gasteiger partial charge in [0.1, 0.15) is 0 Å². The Balaban J connectivity index is 2.75. The molecule has 0 aliphatic carbocycles. The molecule has 0 heterocycles. The van der Waals surface area contributed by atoms with Crippen molar-refractivity contribution in [2.45, 2.75) is 12.8 Å². The summed E-state index contributed by atoms with van der Waals surface area (Å²) in [5, 5.41) is 14.4. The van der Waals surface area contributed by atoms with E-state index in [0.717, 1.165) is 18.2 Å². The van der Waals surface area contributed by atoms with Crippen molar-refractivity contribution in [1.82, 2.24) is 5.32 Å². The normalized spacial score (nSPS) is 10.0. The quantitative estimate of drug-likeness (QED) is 0.360. The van der Waals surface area contributed by atoms with Crippen LogP contribution < -0.4 is 10.1 Å². The van der Waals surface area contributed by atoms with Crippen molar-refractivity contribution in [2.24, 2.45) is 0 Å². The molecule has 0 bridgehead atoms. The molecule has 6 nitrogen and oxygen atoms in total. The van der Waals surface area contributed by atoms with E-state index in [-0.39, 0.29) is 22.9 Å². The predicted octanol–water partition coefficient (Wildman–Crippen LogP) is 2.51. The van der Waals surface area contributed by atoms with Gasteiger partial charge in [-0.15, -0.1) is 0 Å². The van der Waals surface area contributed by atoms with Crippen LogP contribution in [0.3, 0.4) is 0 Å². The van der Waals surface area contributed by atoms with Gasteiger partial charge in [0.25, 0.3) is 5.91 Å². The zero-order valence-corrected chi connectivity index (χ0v) is 12.1. The molecule has 0 aliphatic rings. The Morgan fingerprint density at radius 2 is 2.21 bits per heavy atom. The van der Waals surface area contributed by atoms with Crippen molar-refractivity contribution in [2.75, 3.05) is 19.0 Å². The van der Waals surface area contributed by atoms with Crippen LogP contribution in [0.5, 0.6) is 5.75 Å². The zero-order valence-electron chi connectivity index (χ0n) is 10.5. The maximum atomic E-state index is 11.8. The molecule has 0 radical (unpaired) electrons. The van der Waals surface area contributed by atoms with E-state index >= 15 is 0 Å². The van der Waals surface area contributed by atoms with Crippen molar-refractivity contribution >= 4 is 27.5 Å². The number of nitro groups is 1. The first-order valence-electron chi connectivity index (χ1n) is 5.76. The molecule has 1 rings (SSSR count). The molecule has 0 aromatic heterocycles. The lowest BCUT2D eigenvalue weighted by Gasteiger charge is -2.06. The number of carbonyl (C=O) groups is 1. The van der Waals surface area contributed by atoms with Gasteiger partial charge in [-0.3, -0.25) is 14.9 Å². The number of methoxy groups -OCH3 is 1. The van der Waals surface area contributed by atoms with Crippen LogP contribution in [0.15, 0.2) is 18.2 Å². The molecular formula is C12H15BrN2O4. The molecule has 1 N–H and O–H groups in total. The minimum atomic E-state index is -0.569. The Bertz CT molecular complexity index is 465. The summed E-state index contributed by atoms with van der Waals surface area (Å²) in [7, 11) is 1.35. The van der Waals surface area contributed by atoms with E-state index in [1.165, 1.54) is 25.3 Å². The number of unbranched alkanes of at least 4 members (excludes halogenated alkanes) is 1. The summed E-state index contributed by atoms with van der Waals surface area (Å²) in [5.41, 5.74) is 0.0435. The fourth-order valence-corrected chi connectivity index (χ4v) is 1.89. The molecule has 0 saturated heterocycles. The summed E-state index contributed by atoms with van der Waals surface area (Å²) in [6.07, 6.45) is 1.82. The van der Waals surface area contributed by atoms with Crippen LogP contribution in [0.25, 0.3) is 0 Å². The lowest BCUT2D eigenvalue weighted by Crippen LogP contribution is -2.24. The number of rotatable bonds is 7. The molecule has 0 spiro atoms. The first-order chi connectivity index (χ1) is 9.10. The highest BCUT2D eigenvalue weighted by Gasteiger charge is 2.17. The monoisotopic (exact) mass is 330 g/mol. The summed E-state index contributed by atoms with van der Waals surface area (Å²) in [6, 6.07) is 4.15. The summed E-state index contributed by atoms with van der Waals surface area (Å²) < 4.78 is 4.88. The van der Waals surface area contributed by atoms with Crippen LogP contribution in [0.4, 0.5) is 5.69 Å². The number of nitrogens with zero attached hydrogens (tertiary/aromatic N) is 1. The van der Waals surface area contributed by atoms with E-state index in [0.29, 0.717) is 6.54 Å². The maximum Gasteiger partial charge on any atom is 0.311 e. The number of carbonyl (C=O) groups excluding carboxylic acids is 1. The van der Waals surface area contributed by atoms with Gasteiger partial charge in [-0.05, 0) is 25.0 Å². The molecule has 19 heavy (non-hydrogen) atoms. The van der Waals surface area contributed by atoms with Gasteiger partial charge in [-0.1, -0.05) is 15.9 Å². The minimum absolute atomic E-state index is 0.140. The summed E-state index contributed by atoms with van der Waals surface area (Å²) in [4.78, 5) is 22.1. The van der Waals surface area contributed by atoms with Crippen molar-refractivity contribution in [3.8, 4) is 5.75 Å². The molecule has 0 atom stereocenters. The van der Waals surface area contributed by atoms with Crippen LogP contribution in [0.1, 0.15) is 23.2 Å². The number of amides is 1. The van der Waals surface area contributed by atoms with Crippen molar-refractivity contribution in [1.29, 1.82) is 0 Å². The van der Waals surface area contributed by atoms with Crippen LogP contribution in [-0.2, 0) is 0 Å². The molecule has 7 heteroatoms. The second-order valence-electron chi connectivity index (χ2n) is 3.80. The zero-order chi connectivity index (χ0) is 14.3. The third kappa shape index (κ3) is 4.51. The molecule has 104 valence electrons. The third-order valence-electron chi connectivity index (χ3n) is 2.48. The van der Waals surface area contributed by atoms with E-state index in [1.54, 1.807) is 0 Å². The van der Waals surface area contributed by atoms with Gasteiger partial charge in [-0.2, -0.15) is 0 Å². The number of nitrogens with one attached hydrogen (secondary N) is 1. The van der Waals surface area contributed by atoms with E-state index < -0.39 is 4.92 Å². The minimum Gasteiger partial charge on any atom is -0.490 e. The second kappa shape index (κ2) is 7.73. The average Bonchev–Trinajstić information content (AvgIpc) is 2.42. The predicted molar refractivity (Wildman–Crippen MR) is 75.0 cm³/mol. The van der Waals surface area contributed by atoms with Crippen LogP contribution in [-0.4, -0.2) is 29.8 Å². The highest BCUT2D eigenvalue weighted by Crippen LogP contribution is 2.27. The van der Waals surface area contributed by atoms with Crippen molar-refractivity contribution < 1.29 is 14.5 Å². The van der Waals surface area contributed by atoms with E-state index in [1.807, 2.05) is 0 Å². The number of hydrogen-bond donors (Lipinski definition) is 1. The lowest BCUT2D eigenvalue weighted by molar-refractivity contribution is -0.385. The number of hydrogen-bond acceptors (Lipinski definition) is 4. The fourth-order valence-electron chi connectivity index (χ4n) is 1.50. The SMILES string of the molecule is COc1ccc(C(=O)NCCCCBr)cc1[N+](=O)[O-]. The average molecular weight is 331 g/mol. The Labute approximate surface area is 119 Å². The summed E-state index contributed by atoms with van der Waals surface area (Å²) in [6.45, 7) is 0.546. The lowest BCUT2D eigenvalue weighted by atomic mass is 10.1. The molecule has 1 aromatic rings. The first-order valence-corrected chi connectivity index (χ1v) is 6.89. The van der Waals surface area contributed by atoms with E-state index in [4.69, 9.17) is 4.74 Å². The molecule has 0 aliphatic heterocycles.